The van der Waals surface area contributed by atoms with Gasteiger partial charge in [-0.1, -0.05) is 5.21 Å². The lowest BCUT2D eigenvalue weighted by atomic mass is 10.3. The molecule has 1 amide bonds. The van der Waals surface area contributed by atoms with Crippen molar-refractivity contribution in [2.45, 2.75) is 26.4 Å². The first kappa shape index (κ1) is 16.7. The summed E-state index contributed by atoms with van der Waals surface area (Å²) in [6, 6.07) is 9.33. The van der Waals surface area contributed by atoms with Crippen LogP contribution in [0.5, 0.6) is 5.75 Å². The highest BCUT2D eigenvalue weighted by Crippen LogP contribution is 2.14. The van der Waals surface area contributed by atoms with E-state index in [1.807, 2.05) is 44.3 Å². The molecule has 0 aliphatic heterocycles. The van der Waals surface area contributed by atoms with Gasteiger partial charge < -0.3 is 10.1 Å². The predicted molar refractivity (Wildman–Crippen MR) is 91.7 cm³/mol. The highest BCUT2D eigenvalue weighted by atomic mass is 16.5. The van der Waals surface area contributed by atoms with Gasteiger partial charge in [-0.2, -0.15) is 5.10 Å². The smallest absolute Gasteiger partial charge is 0.272 e. The maximum atomic E-state index is 12.2. The van der Waals surface area contributed by atoms with Crippen LogP contribution in [0.25, 0.3) is 5.69 Å². The van der Waals surface area contributed by atoms with E-state index in [2.05, 4.69) is 20.7 Å². The molecule has 3 rings (SSSR count). The van der Waals surface area contributed by atoms with Gasteiger partial charge in [-0.05, 0) is 44.2 Å². The maximum Gasteiger partial charge on any atom is 0.272 e. The summed E-state index contributed by atoms with van der Waals surface area (Å²) in [5.41, 5.74) is 1.89. The zero-order chi connectivity index (χ0) is 17.8. The molecule has 2 heterocycles. The SMILES string of the molecule is COc1ccc(-n2ccc(C(=O)NCc3cn(C(C)C)nn3)n2)cc1. The van der Waals surface area contributed by atoms with Gasteiger partial charge in [-0.25, -0.2) is 9.36 Å². The van der Waals surface area contributed by atoms with Gasteiger partial charge in [-0.15, -0.1) is 5.10 Å². The van der Waals surface area contributed by atoms with Gasteiger partial charge >= 0.3 is 0 Å². The van der Waals surface area contributed by atoms with Crippen molar-refractivity contribution in [2.24, 2.45) is 0 Å². The van der Waals surface area contributed by atoms with Gasteiger partial charge in [0.2, 0.25) is 0 Å². The minimum atomic E-state index is -0.258. The van der Waals surface area contributed by atoms with Crippen molar-refractivity contribution in [1.29, 1.82) is 0 Å². The number of carbonyl (C=O) groups is 1. The number of carbonyl (C=O) groups excluding carboxylic acids is 1. The van der Waals surface area contributed by atoms with Crippen molar-refractivity contribution in [3.05, 3.63) is 54.1 Å². The molecule has 8 nitrogen and oxygen atoms in total. The third-order valence-electron chi connectivity index (χ3n) is 3.68. The lowest BCUT2D eigenvalue weighted by Gasteiger charge is -2.03. The van der Waals surface area contributed by atoms with Crippen LogP contribution in [0.1, 0.15) is 36.1 Å². The second-order valence-electron chi connectivity index (χ2n) is 5.81. The van der Waals surface area contributed by atoms with Crippen LogP contribution in [-0.2, 0) is 6.54 Å². The Morgan fingerprint density at radius 1 is 1.24 bits per heavy atom. The molecule has 0 radical (unpaired) electrons. The zero-order valence-corrected chi connectivity index (χ0v) is 14.4. The summed E-state index contributed by atoms with van der Waals surface area (Å²) in [5.74, 6) is 0.509. The average molecular weight is 340 g/mol. The number of rotatable bonds is 6. The van der Waals surface area contributed by atoms with Crippen molar-refractivity contribution < 1.29 is 9.53 Å². The van der Waals surface area contributed by atoms with Gasteiger partial charge in [0.15, 0.2) is 5.69 Å². The summed E-state index contributed by atoms with van der Waals surface area (Å²) < 4.78 is 8.52. The predicted octanol–water partition coefficient (Wildman–Crippen LogP) is 1.98. The summed E-state index contributed by atoms with van der Waals surface area (Å²) in [4.78, 5) is 12.2. The number of nitrogens with zero attached hydrogens (tertiary/aromatic N) is 5. The van der Waals surface area contributed by atoms with Crippen molar-refractivity contribution in [2.75, 3.05) is 7.11 Å². The average Bonchev–Trinajstić information content (AvgIpc) is 3.29. The Kier molecular flexibility index (Phi) is 4.78. The summed E-state index contributed by atoms with van der Waals surface area (Å²) in [6.45, 7) is 4.34. The topological polar surface area (TPSA) is 86.9 Å². The van der Waals surface area contributed by atoms with E-state index < -0.39 is 0 Å². The monoisotopic (exact) mass is 340 g/mol. The van der Waals surface area contributed by atoms with E-state index in [0.717, 1.165) is 11.4 Å². The number of hydrogen-bond donors (Lipinski definition) is 1. The van der Waals surface area contributed by atoms with Crippen LogP contribution in [-0.4, -0.2) is 37.8 Å². The maximum absolute atomic E-state index is 12.2. The van der Waals surface area contributed by atoms with E-state index >= 15 is 0 Å². The lowest BCUT2D eigenvalue weighted by molar-refractivity contribution is 0.0945. The Morgan fingerprint density at radius 2 is 2.00 bits per heavy atom. The highest BCUT2D eigenvalue weighted by Gasteiger charge is 2.11. The summed E-state index contributed by atoms with van der Waals surface area (Å²) >= 11 is 0. The summed E-state index contributed by atoms with van der Waals surface area (Å²) in [5, 5.41) is 15.1. The van der Waals surface area contributed by atoms with Crippen molar-refractivity contribution in [3.8, 4) is 11.4 Å². The molecule has 2 aromatic heterocycles. The molecule has 0 aliphatic rings. The number of nitrogens with one attached hydrogen (secondary N) is 1. The largest absolute Gasteiger partial charge is 0.497 e. The molecular weight excluding hydrogens is 320 g/mol. The molecule has 0 saturated carbocycles. The van der Waals surface area contributed by atoms with Gasteiger partial charge in [-0.3, -0.25) is 4.79 Å². The molecule has 0 fully saturated rings. The van der Waals surface area contributed by atoms with Gasteiger partial charge in [0, 0.05) is 12.2 Å². The fourth-order valence-electron chi connectivity index (χ4n) is 2.23. The van der Waals surface area contributed by atoms with E-state index in [1.165, 1.54) is 0 Å². The molecule has 0 unspecified atom stereocenters. The molecule has 0 bridgehead atoms. The number of hydrogen-bond acceptors (Lipinski definition) is 5. The molecule has 25 heavy (non-hydrogen) atoms. The Bertz CT molecular complexity index is 850. The number of methoxy groups -OCH3 is 1. The molecule has 1 N–H and O–H groups in total. The molecule has 130 valence electrons. The standard InChI is InChI=1S/C17H20N6O2/c1-12(2)23-11-13(19-21-23)10-18-17(24)16-8-9-22(20-16)14-4-6-15(25-3)7-5-14/h4-9,11-12H,10H2,1-3H3,(H,18,24). The van der Waals surface area contributed by atoms with E-state index in [1.54, 1.807) is 28.7 Å². The molecule has 1 aromatic carbocycles. The molecular formula is C17H20N6O2. The second-order valence-corrected chi connectivity index (χ2v) is 5.81. The van der Waals surface area contributed by atoms with E-state index in [9.17, 15) is 4.79 Å². The van der Waals surface area contributed by atoms with Crippen molar-refractivity contribution >= 4 is 5.91 Å². The molecule has 0 spiro atoms. The van der Waals surface area contributed by atoms with Crippen LogP contribution in [0.2, 0.25) is 0 Å². The quantitative estimate of drug-likeness (QED) is 0.741. The number of ether oxygens (including phenoxy) is 1. The number of aromatic nitrogens is 5. The molecule has 0 atom stereocenters. The van der Waals surface area contributed by atoms with Crippen LogP contribution in [0.4, 0.5) is 0 Å². The fraction of sp³-hybridized carbons (Fsp3) is 0.294. The van der Waals surface area contributed by atoms with Crippen LogP contribution in [0.15, 0.2) is 42.7 Å². The van der Waals surface area contributed by atoms with E-state index in [-0.39, 0.29) is 11.9 Å². The van der Waals surface area contributed by atoms with Crippen LogP contribution < -0.4 is 10.1 Å². The Morgan fingerprint density at radius 3 is 2.64 bits per heavy atom. The minimum Gasteiger partial charge on any atom is -0.497 e. The second kappa shape index (κ2) is 7.16. The van der Waals surface area contributed by atoms with Crippen molar-refractivity contribution in [3.63, 3.8) is 0 Å². The van der Waals surface area contributed by atoms with Gasteiger partial charge in [0.05, 0.1) is 25.5 Å². The zero-order valence-electron chi connectivity index (χ0n) is 14.4. The fourth-order valence-corrected chi connectivity index (χ4v) is 2.23. The van der Waals surface area contributed by atoms with Crippen molar-refractivity contribution in [1.82, 2.24) is 30.1 Å². The first-order valence-electron chi connectivity index (χ1n) is 7.96. The number of amides is 1. The molecule has 8 heteroatoms. The Hall–Kier alpha value is -3.16. The summed E-state index contributed by atoms with van der Waals surface area (Å²) in [7, 11) is 1.62. The van der Waals surface area contributed by atoms with Crippen LogP contribution in [0.3, 0.4) is 0 Å². The van der Waals surface area contributed by atoms with Crippen LogP contribution in [0, 0.1) is 0 Å². The number of benzene rings is 1. The summed E-state index contributed by atoms with van der Waals surface area (Å²) in [6.07, 6.45) is 3.56. The third kappa shape index (κ3) is 3.85. The Balaban J connectivity index is 1.63. The van der Waals surface area contributed by atoms with E-state index in [4.69, 9.17) is 4.74 Å². The first-order valence-corrected chi connectivity index (χ1v) is 7.96. The first-order chi connectivity index (χ1) is 12.1. The minimum absolute atomic E-state index is 0.233. The highest BCUT2D eigenvalue weighted by molar-refractivity contribution is 5.92. The molecule has 0 aliphatic carbocycles. The molecule has 3 aromatic rings. The third-order valence-corrected chi connectivity index (χ3v) is 3.68. The Labute approximate surface area is 145 Å². The van der Waals surface area contributed by atoms with Crippen LogP contribution >= 0.6 is 0 Å². The normalized spacial score (nSPS) is 10.9. The lowest BCUT2D eigenvalue weighted by Crippen LogP contribution is -2.23. The molecule has 0 saturated heterocycles. The van der Waals surface area contributed by atoms with E-state index in [0.29, 0.717) is 17.9 Å². The van der Waals surface area contributed by atoms with Gasteiger partial charge in [0.25, 0.3) is 5.91 Å². The van der Waals surface area contributed by atoms with Gasteiger partial charge in [0.1, 0.15) is 11.4 Å².